The number of rotatable bonds is 20. The highest BCUT2D eigenvalue weighted by atomic mass is 16.5. The van der Waals surface area contributed by atoms with Crippen LogP contribution in [-0.2, 0) is 23.7 Å². The Morgan fingerprint density at radius 2 is 0.906 bits per heavy atom. The van der Waals surface area contributed by atoms with E-state index in [-0.39, 0.29) is 42.2 Å². The summed E-state index contributed by atoms with van der Waals surface area (Å²) >= 11 is 0. The van der Waals surface area contributed by atoms with Gasteiger partial charge in [-0.1, -0.05) is 104 Å². The fourth-order valence-corrected chi connectivity index (χ4v) is 8.10. The van der Waals surface area contributed by atoms with Crippen LogP contribution in [0.4, 0.5) is 0 Å². The molecule has 0 aromatic rings. The number of nitrogens with zero attached hydrogens (tertiary/aromatic N) is 4. The van der Waals surface area contributed by atoms with Crippen molar-refractivity contribution in [1.29, 1.82) is 21.0 Å². The molecule has 3 N–H and O–H groups in total. The quantitative estimate of drug-likeness (QED) is 0.0772. The third-order valence-electron chi connectivity index (χ3n) is 12.8. The van der Waals surface area contributed by atoms with Crippen LogP contribution in [0.25, 0.3) is 0 Å². The van der Waals surface area contributed by atoms with E-state index in [1.54, 1.807) is 18.2 Å². The van der Waals surface area contributed by atoms with E-state index in [1.807, 2.05) is 39.0 Å². The van der Waals surface area contributed by atoms with Crippen molar-refractivity contribution in [3.8, 4) is 24.3 Å². The standard InChI is InChI=1S/C14H23NO.C13H21NO2.C13H19NO2.C12H19NO3/c1-4-11(2)7-8-14-13(6-5-9-15)12(3)10-16-14;2*1-3-11(15)6-7-13-12(5-4-8-14)10(2)9-16-13;1-2-9(14)5-6-12-10(4-3-7-13)11(15)8-16-12/h7-8,11-14H,4-6,10H2,1-3H3;6-7,10-13,15H,3-5,9H2,1-2H3;6-7,10,12-13H,3-5,9H2,1-2H3;5-6,9-12,14-15H,2-4,8H2,1H3/b8-7+;2*7-6+;6-5+/t11-,12-,13-,14+;10-,11-,12-,13+;10-,12-,13+;9-,10-,11-,12+/m0000/s1. The van der Waals surface area contributed by atoms with E-state index in [0.717, 1.165) is 45.5 Å². The van der Waals surface area contributed by atoms with Gasteiger partial charge in [0.05, 0.1) is 93.4 Å². The molecule has 4 fully saturated rings. The Morgan fingerprint density at radius 3 is 1.27 bits per heavy atom. The molecule has 64 heavy (non-hydrogen) atoms. The lowest BCUT2D eigenvalue weighted by atomic mass is 9.87. The third-order valence-corrected chi connectivity index (χ3v) is 12.8. The highest BCUT2D eigenvalue weighted by Crippen LogP contribution is 2.34. The maximum absolute atomic E-state index is 11.2. The molecular weight excluding hydrogens is 809 g/mol. The van der Waals surface area contributed by atoms with E-state index < -0.39 is 12.2 Å². The second-order valence-electron chi connectivity index (χ2n) is 17.8. The van der Waals surface area contributed by atoms with Gasteiger partial charge in [-0.05, 0) is 86.0 Å². The van der Waals surface area contributed by atoms with Crippen LogP contribution in [0.2, 0.25) is 0 Å². The zero-order valence-electron chi connectivity index (χ0n) is 40.3. The van der Waals surface area contributed by atoms with Crippen LogP contribution in [0.5, 0.6) is 0 Å². The number of ether oxygens (including phenoxy) is 4. The predicted octanol–water partition coefficient (Wildman–Crippen LogP) is 9.28. The number of aliphatic hydroxyl groups excluding tert-OH is 3. The number of carbonyl (C=O) groups excluding carboxylic acids is 1. The van der Waals surface area contributed by atoms with Crippen LogP contribution in [0.3, 0.4) is 0 Å². The van der Waals surface area contributed by atoms with Crippen LogP contribution in [0, 0.1) is 92.7 Å². The highest BCUT2D eigenvalue weighted by molar-refractivity contribution is 5.89. The minimum Gasteiger partial charge on any atom is -0.390 e. The number of nitriles is 4. The molecule has 0 aromatic carbocycles. The van der Waals surface area contributed by atoms with Gasteiger partial charge in [-0.2, -0.15) is 21.0 Å². The number of carbonyl (C=O) groups is 1. The third kappa shape index (κ3) is 22.5. The molecule has 4 rings (SSSR count). The highest BCUT2D eigenvalue weighted by Gasteiger charge is 2.35. The van der Waals surface area contributed by atoms with Crippen molar-refractivity contribution in [3.63, 3.8) is 0 Å². The smallest absolute Gasteiger partial charge is 0.155 e. The van der Waals surface area contributed by atoms with E-state index in [0.29, 0.717) is 93.0 Å². The minimum atomic E-state index is -0.498. The summed E-state index contributed by atoms with van der Waals surface area (Å²) in [5.41, 5.74) is 0. The zero-order chi connectivity index (χ0) is 47.9. The Hall–Kier alpha value is -3.69. The van der Waals surface area contributed by atoms with Gasteiger partial charge in [0.2, 0.25) is 0 Å². The molecule has 0 amide bonds. The van der Waals surface area contributed by atoms with Crippen LogP contribution in [-0.4, -0.2) is 90.3 Å². The summed E-state index contributed by atoms with van der Waals surface area (Å²) in [6.07, 6.45) is 22.6. The number of ketones is 1. The molecule has 0 radical (unpaired) electrons. The molecule has 0 saturated carbocycles. The number of allylic oxidation sites excluding steroid dienone is 2. The van der Waals surface area contributed by atoms with Crippen molar-refractivity contribution < 1.29 is 39.1 Å². The van der Waals surface area contributed by atoms with Crippen molar-refractivity contribution in [1.82, 2.24) is 0 Å². The molecule has 4 heterocycles. The molecular formula is C52H82N4O8. The summed E-state index contributed by atoms with van der Waals surface area (Å²) in [5.74, 6) is 3.60. The average Bonchev–Trinajstić information content (AvgIpc) is 4.06. The molecule has 12 heteroatoms. The molecule has 358 valence electrons. The Labute approximate surface area is 386 Å². The van der Waals surface area contributed by atoms with Gasteiger partial charge in [0.15, 0.2) is 5.78 Å². The number of hydrogen-bond donors (Lipinski definition) is 3. The fraction of sp³-hybridized carbons (Fsp3) is 0.750. The molecule has 4 aliphatic rings. The summed E-state index contributed by atoms with van der Waals surface area (Å²) in [5, 5.41) is 62.9. The summed E-state index contributed by atoms with van der Waals surface area (Å²) in [4.78, 5) is 11.2. The first-order chi connectivity index (χ1) is 30.7. The summed E-state index contributed by atoms with van der Waals surface area (Å²) in [6.45, 7) is 19.3. The average molecular weight is 891 g/mol. The van der Waals surface area contributed by atoms with Gasteiger partial charge in [0, 0.05) is 38.0 Å². The first-order valence-electron chi connectivity index (χ1n) is 24.0. The van der Waals surface area contributed by atoms with Crippen LogP contribution in [0.15, 0.2) is 48.6 Å². The normalized spacial score (nSPS) is 31.2. The van der Waals surface area contributed by atoms with Gasteiger partial charge in [-0.25, -0.2) is 0 Å². The van der Waals surface area contributed by atoms with Crippen LogP contribution < -0.4 is 0 Å². The van der Waals surface area contributed by atoms with E-state index in [2.05, 4.69) is 71.0 Å². The molecule has 4 saturated heterocycles. The lowest BCUT2D eigenvalue weighted by molar-refractivity contribution is -0.114. The summed E-state index contributed by atoms with van der Waals surface area (Å²) in [6, 6.07) is 8.65. The maximum Gasteiger partial charge on any atom is 0.155 e. The van der Waals surface area contributed by atoms with Crippen molar-refractivity contribution in [2.24, 2.45) is 47.3 Å². The molecule has 0 spiro atoms. The van der Waals surface area contributed by atoms with Gasteiger partial charge < -0.3 is 34.3 Å². The van der Waals surface area contributed by atoms with Gasteiger partial charge in [0.1, 0.15) is 0 Å². The van der Waals surface area contributed by atoms with E-state index in [1.165, 1.54) is 6.42 Å². The Bertz CT molecular complexity index is 1440. The SMILES string of the molecule is CCC(=O)/C=C/[C@H]1OC[C@H](C)[C@@H]1CCC#N.CC[C@H](C)/C=C/[C@H]1OC[C@H](C)[C@@H]1CCC#N.CC[C@H](O)/C=C/[C@H]1OC[C@H](C)[C@@H]1CCC#N.CC[C@H](O)/C=C/[C@H]1OC[C@H](O)[C@@H]1CCC#N. The Balaban J connectivity index is 0.000000427. The van der Waals surface area contributed by atoms with Gasteiger partial charge >= 0.3 is 0 Å². The Kier molecular flexibility index (Phi) is 31.6. The van der Waals surface area contributed by atoms with E-state index in [4.69, 9.17) is 40.0 Å². The predicted molar refractivity (Wildman–Crippen MR) is 250 cm³/mol. The van der Waals surface area contributed by atoms with Gasteiger partial charge in [-0.3, -0.25) is 4.79 Å². The summed E-state index contributed by atoms with van der Waals surface area (Å²) < 4.78 is 22.5. The lowest BCUT2D eigenvalue weighted by Gasteiger charge is -2.17. The number of hydrogen-bond acceptors (Lipinski definition) is 12. The topological polar surface area (TPSA) is 210 Å². The second kappa shape index (κ2) is 34.6. The molecule has 4 aliphatic heterocycles. The van der Waals surface area contributed by atoms with Crippen molar-refractivity contribution in [2.75, 3.05) is 26.4 Å². The van der Waals surface area contributed by atoms with Crippen molar-refractivity contribution >= 4 is 5.78 Å². The molecule has 0 bridgehead atoms. The lowest BCUT2D eigenvalue weighted by Crippen LogP contribution is -2.22. The van der Waals surface area contributed by atoms with Crippen molar-refractivity contribution in [2.45, 2.75) is 175 Å². The fourth-order valence-electron chi connectivity index (χ4n) is 8.10. The second-order valence-corrected chi connectivity index (χ2v) is 17.8. The maximum atomic E-state index is 11.2. The van der Waals surface area contributed by atoms with Crippen molar-refractivity contribution in [3.05, 3.63) is 48.6 Å². The molecule has 15 atom stereocenters. The number of aliphatic hydroxyl groups is 3. The largest absolute Gasteiger partial charge is 0.390 e. The molecule has 0 aromatic heterocycles. The molecule has 0 unspecified atom stereocenters. The van der Waals surface area contributed by atoms with E-state index >= 15 is 0 Å². The minimum absolute atomic E-state index is 0.0128. The Morgan fingerprint density at radius 1 is 0.562 bits per heavy atom. The van der Waals surface area contributed by atoms with E-state index in [9.17, 15) is 20.1 Å². The molecule has 0 aliphatic carbocycles. The van der Waals surface area contributed by atoms with Gasteiger partial charge in [-0.15, -0.1) is 0 Å². The monoisotopic (exact) mass is 891 g/mol. The van der Waals surface area contributed by atoms with Crippen LogP contribution >= 0.6 is 0 Å². The summed E-state index contributed by atoms with van der Waals surface area (Å²) in [7, 11) is 0. The zero-order valence-corrected chi connectivity index (χ0v) is 40.3. The molecule has 12 nitrogen and oxygen atoms in total. The first-order valence-corrected chi connectivity index (χ1v) is 24.0. The first kappa shape index (κ1) is 58.3. The van der Waals surface area contributed by atoms with Crippen LogP contribution in [0.1, 0.15) is 132 Å². The van der Waals surface area contributed by atoms with Gasteiger partial charge in [0.25, 0.3) is 0 Å².